The Balaban J connectivity index is 1.52. The zero-order valence-electron chi connectivity index (χ0n) is 18.7. The molecule has 1 saturated heterocycles. The van der Waals surface area contributed by atoms with Gasteiger partial charge in [-0.2, -0.15) is 13.2 Å². The van der Waals surface area contributed by atoms with Crippen LogP contribution in [0.3, 0.4) is 0 Å². The third-order valence-corrected chi connectivity index (χ3v) is 7.61. The van der Waals surface area contributed by atoms with Gasteiger partial charge in [0.15, 0.2) is 0 Å². The van der Waals surface area contributed by atoms with Gasteiger partial charge in [-0.05, 0) is 61.3 Å². The Kier molecular flexibility index (Phi) is 6.56. The number of nitrogens with zero attached hydrogens (tertiary/aromatic N) is 1. The van der Waals surface area contributed by atoms with E-state index < -0.39 is 23.3 Å². The summed E-state index contributed by atoms with van der Waals surface area (Å²) in [6.07, 6.45) is -1.84. The molecule has 2 heterocycles. The lowest BCUT2D eigenvalue weighted by atomic mass is 9.73. The first kappa shape index (κ1) is 23.5. The van der Waals surface area contributed by atoms with Crippen LogP contribution in [-0.2, 0) is 22.3 Å². The van der Waals surface area contributed by atoms with Gasteiger partial charge in [-0.15, -0.1) is 0 Å². The van der Waals surface area contributed by atoms with E-state index in [1.54, 1.807) is 0 Å². The van der Waals surface area contributed by atoms with Crippen LogP contribution in [0.15, 0.2) is 18.2 Å². The van der Waals surface area contributed by atoms with Gasteiger partial charge >= 0.3 is 6.18 Å². The lowest BCUT2D eigenvalue weighted by molar-refractivity contribution is -0.147. The maximum Gasteiger partial charge on any atom is 0.416 e. The summed E-state index contributed by atoms with van der Waals surface area (Å²) in [5, 5.41) is 3.68. The first-order valence-corrected chi connectivity index (χ1v) is 11.6. The molecule has 1 amide bonds. The van der Waals surface area contributed by atoms with Crippen molar-refractivity contribution in [2.45, 2.75) is 76.9 Å². The third kappa shape index (κ3) is 4.53. The van der Waals surface area contributed by atoms with Gasteiger partial charge in [-0.1, -0.05) is 19.9 Å². The summed E-state index contributed by atoms with van der Waals surface area (Å²) in [6.45, 7) is 5.42. The van der Waals surface area contributed by atoms with Crippen molar-refractivity contribution in [2.24, 2.45) is 11.3 Å². The number of carbonyl (C=O) groups is 1. The van der Waals surface area contributed by atoms with Crippen molar-refractivity contribution in [1.82, 2.24) is 10.2 Å². The third-order valence-electron chi connectivity index (χ3n) is 7.61. The molecule has 3 atom stereocenters. The number of rotatable bonds is 4. The van der Waals surface area contributed by atoms with Gasteiger partial charge in [0, 0.05) is 31.8 Å². The number of hydrogen-bond acceptors (Lipinski definition) is 3. The molecule has 0 unspecified atom stereocenters. The molecule has 4 rings (SSSR count). The second-order valence-corrected chi connectivity index (χ2v) is 9.87. The van der Waals surface area contributed by atoms with Gasteiger partial charge in [0.1, 0.15) is 6.17 Å². The zero-order valence-corrected chi connectivity index (χ0v) is 18.7. The summed E-state index contributed by atoms with van der Waals surface area (Å²) in [4.78, 5) is 15.2. The van der Waals surface area contributed by atoms with Crippen LogP contribution in [0.4, 0.5) is 17.6 Å². The monoisotopic (exact) mass is 456 g/mol. The number of carbonyl (C=O) groups excluding carboxylic acids is 1. The Hall–Kier alpha value is -1.67. The Morgan fingerprint density at radius 2 is 1.91 bits per heavy atom. The first-order valence-electron chi connectivity index (χ1n) is 11.6. The lowest BCUT2D eigenvalue weighted by Crippen LogP contribution is -2.49. The largest absolute Gasteiger partial charge is 0.416 e. The molecular weight excluding hydrogens is 424 g/mol. The molecule has 1 N–H and O–H groups in total. The van der Waals surface area contributed by atoms with E-state index in [-0.39, 0.29) is 42.1 Å². The van der Waals surface area contributed by atoms with Crippen molar-refractivity contribution in [3.63, 3.8) is 0 Å². The van der Waals surface area contributed by atoms with Crippen molar-refractivity contribution >= 4 is 5.91 Å². The van der Waals surface area contributed by atoms with Crippen molar-refractivity contribution in [3.8, 4) is 0 Å². The Bertz CT molecular complexity index is 838. The zero-order chi connectivity index (χ0) is 23.1. The van der Waals surface area contributed by atoms with Crippen LogP contribution in [0.5, 0.6) is 0 Å². The molecule has 1 aliphatic carbocycles. The average Bonchev–Trinajstić information content (AvgIpc) is 3.18. The van der Waals surface area contributed by atoms with Gasteiger partial charge in [-0.25, -0.2) is 4.39 Å². The summed E-state index contributed by atoms with van der Waals surface area (Å²) in [6, 6.07) is 3.71. The minimum atomic E-state index is -4.50. The molecule has 2 aliphatic heterocycles. The van der Waals surface area contributed by atoms with Crippen LogP contribution in [-0.4, -0.2) is 42.6 Å². The van der Waals surface area contributed by atoms with Gasteiger partial charge in [-0.3, -0.25) is 4.79 Å². The number of benzene rings is 1. The van der Waals surface area contributed by atoms with E-state index in [2.05, 4.69) is 5.32 Å². The summed E-state index contributed by atoms with van der Waals surface area (Å²) in [5.74, 6) is -0.0769. The molecule has 4 nitrogen and oxygen atoms in total. The molecule has 8 heteroatoms. The molecule has 0 spiro atoms. The summed E-state index contributed by atoms with van der Waals surface area (Å²) < 4.78 is 59.8. The van der Waals surface area contributed by atoms with Crippen molar-refractivity contribution in [1.29, 1.82) is 0 Å². The molecule has 1 saturated carbocycles. The SMILES string of the molecule is CC(C)[C@]1(C(=O)N2Cc3cc(C(F)(F)F)ccc3[C@H](F)C2)CC[C@@H](NC2CCOCC2)C1. The number of nitrogens with one attached hydrogen (secondary N) is 1. The highest BCUT2D eigenvalue weighted by Crippen LogP contribution is 2.47. The van der Waals surface area contributed by atoms with Gasteiger partial charge in [0.05, 0.1) is 17.5 Å². The van der Waals surface area contributed by atoms with Crippen LogP contribution >= 0.6 is 0 Å². The number of halogens is 4. The van der Waals surface area contributed by atoms with Crippen molar-refractivity contribution < 1.29 is 27.1 Å². The van der Waals surface area contributed by atoms with Crippen molar-refractivity contribution in [2.75, 3.05) is 19.8 Å². The number of fused-ring (bicyclic) bond motifs is 1. The molecular formula is C24H32F4N2O2. The Labute approximate surface area is 186 Å². The summed E-state index contributed by atoms with van der Waals surface area (Å²) in [7, 11) is 0. The van der Waals surface area contributed by atoms with E-state index in [1.165, 1.54) is 11.0 Å². The molecule has 0 radical (unpaired) electrons. The fourth-order valence-corrected chi connectivity index (χ4v) is 5.64. The highest BCUT2D eigenvalue weighted by Gasteiger charge is 2.50. The quantitative estimate of drug-likeness (QED) is 0.647. The predicted molar refractivity (Wildman–Crippen MR) is 113 cm³/mol. The van der Waals surface area contributed by atoms with E-state index >= 15 is 0 Å². The lowest BCUT2D eigenvalue weighted by Gasteiger charge is -2.40. The Morgan fingerprint density at radius 3 is 2.56 bits per heavy atom. The van der Waals surface area contributed by atoms with Crippen LogP contribution in [0.25, 0.3) is 0 Å². The fourth-order valence-electron chi connectivity index (χ4n) is 5.64. The second kappa shape index (κ2) is 8.93. The highest BCUT2D eigenvalue weighted by atomic mass is 19.4. The summed E-state index contributed by atoms with van der Waals surface area (Å²) in [5.41, 5.74) is -0.924. The molecule has 1 aromatic carbocycles. The van der Waals surface area contributed by atoms with E-state index in [4.69, 9.17) is 4.74 Å². The van der Waals surface area contributed by atoms with Crippen LogP contribution in [0.1, 0.15) is 68.8 Å². The van der Waals surface area contributed by atoms with Crippen LogP contribution in [0, 0.1) is 11.3 Å². The molecule has 32 heavy (non-hydrogen) atoms. The number of hydrogen-bond donors (Lipinski definition) is 1. The first-order chi connectivity index (χ1) is 15.1. The molecule has 1 aromatic rings. The minimum Gasteiger partial charge on any atom is -0.381 e. The standard InChI is InChI=1S/C24H32F4N2O2/c1-15(2)23(8-5-19(12-23)29-18-6-9-32-10-7-18)22(31)30-13-16-11-17(24(26,27)28)3-4-20(16)21(25)14-30/h3-4,11,15,18-19,21,29H,5-10,12-14H2,1-2H3/t19-,21-,23+/m1/s1. The van der Waals surface area contributed by atoms with Gasteiger partial charge in [0.25, 0.3) is 0 Å². The maximum atomic E-state index is 14.9. The smallest absolute Gasteiger partial charge is 0.381 e. The molecule has 0 aromatic heterocycles. The molecule has 2 fully saturated rings. The minimum absolute atomic E-state index is 0.0189. The normalized spacial score (nSPS) is 29.4. The van der Waals surface area contributed by atoms with E-state index in [0.717, 1.165) is 44.6 Å². The second-order valence-electron chi connectivity index (χ2n) is 9.87. The maximum absolute atomic E-state index is 14.9. The number of alkyl halides is 4. The fraction of sp³-hybridized carbons (Fsp3) is 0.708. The average molecular weight is 457 g/mol. The van der Waals surface area contributed by atoms with E-state index in [9.17, 15) is 22.4 Å². The molecule has 3 aliphatic rings. The molecule has 178 valence electrons. The summed E-state index contributed by atoms with van der Waals surface area (Å²) >= 11 is 0. The number of ether oxygens (including phenoxy) is 1. The highest BCUT2D eigenvalue weighted by molar-refractivity contribution is 5.84. The van der Waals surface area contributed by atoms with Gasteiger partial charge in [0.2, 0.25) is 5.91 Å². The topological polar surface area (TPSA) is 41.6 Å². The molecule has 0 bridgehead atoms. The van der Waals surface area contributed by atoms with E-state index in [0.29, 0.717) is 18.9 Å². The van der Waals surface area contributed by atoms with Crippen LogP contribution < -0.4 is 5.32 Å². The van der Waals surface area contributed by atoms with Gasteiger partial charge < -0.3 is 15.0 Å². The Morgan fingerprint density at radius 1 is 1.19 bits per heavy atom. The van der Waals surface area contributed by atoms with E-state index in [1.807, 2.05) is 13.8 Å². The van der Waals surface area contributed by atoms with Crippen molar-refractivity contribution in [3.05, 3.63) is 34.9 Å². The predicted octanol–water partition coefficient (Wildman–Crippen LogP) is 5.02. The number of amides is 1. The van der Waals surface area contributed by atoms with Crippen LogP contribution in [0.2, 0.25) is 0 Å².